The Morgan fingerprint density at radius 3 is 2.40 bits per heavy atom. The summed E-state index contributed by atoms with van der Waals surface area (Å²) in [5.41, 5.74) is -1.09. The van der Waals surface area contributed by atoms with Gasteiger partial charge in [-0.25, -0.2) is 17.6 Å². The highest BCUT2D eigenvalue weighted by molar-refractivity contribution is 6.06. The van der Waals surface area contributed by atoms with Gasteiger partial charge in [0.25, 0.3) is 5.91 Å². The van der Waals surface area contributed by atoms with Crippen molar-refractivity contribution in [2.45, 2.75) is 0 Å². The Kier molecular flexibility index (Phi) is 3.60. The summed E-state index contributed by atoms with van der Waals surface area (Å²) in [6.45, 7) is 0. The van der Waals surface area contributed by atoms with Crippen molar-refractivity contribution < 1.29 is 27.5 Å². The predicted molar refractivity (Wildman–Crippen MR) is 62.3 cm³/mol. The third-order valence-electron chi connectivity index (χ3n) is 2.49. The highest BCUT2D eigenvalue weighted by Gasteiger charge is 2.18. The largest absolute Gasteiger partial charge is 0.507 e. The van der Waals surface area contributed by atoms with E-state index >= 15 is 0 Å². The summed E-state index contributed by atoms with van der Waals surface area (Å²) in [7, 11) is 0. The summed E-state index contributed by atoms with van der Waals surface area (Å²) in [6.07, 6.45) is 0. The van der Waals surface area contributed by atoms with E-state index in [0.717, 1.165) is 24.3 Å². The molecule has 104 valence electrons. The van der Waals surface area contributed by atoms with Gasteiger partial charge >= 0.3 is 0 Å². The van der Waals surface area contributed by atoms with Crippen LogP contribution in [-0.2, 0) is 0 Å². The maximum absolute atomic E-state index is 13.4. The van der Waals surface area contributed by atoms with Crippen LogP contribution >= 0.6 is 0 Å². The van der Waals surface area contributed by atoms with Crippen molar-refractivity contribution in [2.24, 2.45) is 0 Å². The minimum atomic E-state index is -1.74. The molecule has 3 nitrogen and oxygen atoms in total. The molecule has 0 saturated carbocycles. The van der Waals surface area contributed by atoms with Gasteiger partial charge in [-0.3, -0.25) is 4.79 Å². The molecule has 0 fully saturated rings. The average Bonchev–Trinajstić information content (AvgIpc) is 2.42. The van der Waals surface area contributed by atoms with Crippen LogP contribution in [0.25, 0.3) is 0 Å². The second-order valence-electron chi connectivity index (χ2n) is 3.84. The van der Waals surface area contributed by atoms with Crippen molar-refractivity contribution in [1.29, 1.82) is 0 Å². The number of hydrogen-bond donors (Lipinski definition) is 2. The summed E-state index contributed by atoms with van der Waals surface area (Å²) in [5.74, 6) is -7.13. The van der Waals surface area contributed by atoms with Crippen molar-refractivity contribution in [2.75, 3.05) is 5.32 Å². The number of nitrogens with one attached hydrogen (secondary N) is 1. The van der Waals surface area contributed by atoms with E-state index in [1.54, 1.807) is 0 Å². The summed E-state index contributed by atoms with van der Waals surface area (Å²) < 4.78 is 52.0. The monoisotopic (exact) mass is 285 g/mol. The van der Waals surface area contributed by atoms with E-state index in [-0.39, 0.29) is 0 Å². The Morgan fingerprint density at radius 2 is 1.70 bits per heavy atom. The van der Waals surface area contributed by atoms with E-state index in [1.165, 1.54) is 0 Å². The number of phenolic OH excluding ortho intramolecular Hbond substituents is 1. The van der Waals surface area contributed by atoms with Gasteiger partial charge < -0.3 is 10.4 Å². The van der Waals surface area contributed by atoms with Gasteiger partial charge in [0.05, 0.1) is 11.3 Å². The molecule has 0 heterocycles. The van der Waals surface area contributed by atoms with Crippen LogP contribution in [0.1, 0.15) is 10.4 Å². The van der Waals surface area contributed by atoms with Crippen molar-refractivity contribution in [3.8, 4) is 5.75 Å². The topological polar surface area (TPSA) is 49.3 Å². The van der Waals surface area contributed by atoms with E-state index in [4.69, 9.17) is 0 Å². The van der Waals surface area contributed by atoms with E-state index in [2.05, 4.69) is 0 Å². The lowest BCUT2D eigenvalue weighted by Gasteiger charge is -2.08. The first-order valence-electron chi connectivity index (χ1n) is 5.33. The molecule has 20 heavy (non-hydrogen) atoms. The third kappa shape index (κ3) is 2.56. The molecule has 2 aromatic carbocycles. The third-order valence-corrected chi connectivity index (χ3v) is 2.49. The second kappa shape index (κ2) is 5.20. The number of hydrogen-bond acceptors (Lipinski definition) is 2. The average molecular weight is 285 g/mol. The SMILES string of the molecule is O=C(Nc1ccc(F)c(F)c1F)c1cc(F)ccc1O. The number of carbonyl (C=O) groups is 1. The normalized spacial score (nSPS) is 10.4. The number of halogens is 4. The fourth-order valence-electron chi connectivity index (χ4n) is 1.50. The maximum Gasteiger partial charge on any atom is 0.259 e. The van der Waals surface area contributed by atoms with Gasteiger partial charge in [-0.05, 0) is 30.3 Å². The molecule has 2 N–H and O–H groups in total. The molecule has 0 aliphatic rings. The number of phenols is 1. The number of benzene rings is 2. The lowest BCUT2D eigenvalue weighted by atomic mass is 10.1. The Labute approximate surface area is 110 Å². The molecule has 0 saturated heterocycles. The lowest BCUT2D eigenvalue weighted by molar-refractivity contribution is 0.102. The summed E-state index contributed by atoms with van der Waals surface area (Å²) >= 11 is 0. The number of rotatable bonds is 2. The van der Waals surface area contributed by atoms with Gasteiger partial charge in [0.2, 0.25) is 0 Å². The van der Waals surface area contributed by atoms with E-state index in [9.17, 15) is 27.5 Å². The molecule has 7 heteroatoms. The number of carbonyl (C=O) groups excluding carboxylic acids is 1. The zero-order valence-electron chi connectivity index (χ0n) is 9.75. The standard InChI is InChI=1S/C13H7F4NO2/c14-6-1-4-10(19)7(5-6)13(20)18-9-3-2-8(15)11(16)12(9)17/h1-5,19H,(H,18,20). The zero-order valence-corrected chi connectivity index (χ0v) is 9.75. The molecular weight excluding hydrogens is 278 g/mol. The maximum atomic E-state index is 13.4. The van der Waals surface area contributed by atoms with Gasteiger partial charge in [0.1, 0.15) is 11.6 Å². The summed E-state index contributed by atoms with van der Waals surface area (Å²) in [4.78, 5) is 11.7. The Balaban J connectivity index is 2.33. The van der Waals surface area contributed by atoms with Crippen LogP contribution < -0.4 is 5.32 Å². The summed E-state index contributed by atoms with van der Waals surface area (Å²) in [6, 6.07) is 4.01. The first kappa shape index (κ1) is 13.9. The zero-order chi connectivity index (χ0) is 14.9. The van der Waals surface area contributed by atoms with Crippen LogP contribution in [-0.4, -0.2) is 11.0 Å². The smallest absolute Gasteiger partial charge is 0.259 e. The first-order valence-corrected chi connectivity index (χ1v) is 5.33. The van der Waals surface area contributed by atoms with E-state index in [0.29, 0.717) is 6.07 Å². The Morgan fingerprint density at radius 1 is 1.00 bits per heavy atom. The van der Waals surface area contributed by atoms with Gasteiger partial charge in [-0.1, -0.05) is 0 Å². The van der Waals surface area contributed by atoms with Gasteiger partial charge in [0.15, 0.2) is 17.5 Å². The highest BCUT2D eigenvalue weighted by atomic mass is 19.2. The lowest BCUT2D eigenvalue weighted by Crippen LogP contribution is -2.14. The molecule has 0 radical (unpaired) electrons. The Hall–Kier alpha value is -2.57. The molecular formula is C13H7F4NO2. The van der Waals surface area contributed by atoms with E-state index in [1.807, 2.05) is 5.32 Å². The fraction of sp³-hybridized carbons (Fsp3) is 0. The van der Waals surface area contributed by atoms with Crippen molar-refractivity contribution in [3.05, 3.63) is 59.2 Å². The van der Waals surface area contributed by atoms with Crippen LogP contribution in [0.3, 0.4) is 0 Å². The van der Waals surface area contributed by atoms with Gasteiger partial charge in [-0.2, -0.15) is 0 Å². The number of aromatic hydroxyl groups is 1. The molecule has 0 aliphatic heterocycles. The van der Waals surface area contributed by atoms with E-state index < -0.39 is 46.2 Å². The second-order valence-corrected chi connectivity index (χ2v) is 3.84. The number of anilines is 1. The highest BCUT2D eigenvalue weighted by Crippen LogP contribution is 2.23. The minimum Gasteiger partial charge on any atom is -0.507 e. The Bertz CT molecular complexity index is 688. The molecule has 1 amide bonds. The molecule has 0 bridgehead atoms. The van der Waals surface area contributed by atoms with Gasteiger partial charge in [-0.15, -0.1) is 0 Å². The van der Waals surface area contributed by atoms with Crippen LogP contribution in [0.4, 0.5) is 23.2 Å². The molecule has 0 aromatic heterocycles. The summed E-state index contributed by atoms with van der Waals surface area (Å²) in [5, 5.41) is 11.3. The molecule has 0 unspecified atom stereocenters. The first-order chi connectivity index (χ1) is 9.40. The van der Waals surface area contributed by atoms with Crippen LogP contribution in [0, 0.1) is 23.3 Å². The van der Waals surface area contributed by atoms with Crippen LogP contribution in [0.2, 0.25) is 0 Å². The molecule has 2 aromatic rings. The van der Waals surface area contributed by atoms with Crippen molar-refractivity contribution >= 4 is 11.6 Å². The fourth-order valence-corrected chi connectivity index (χ4v) is 1.50. The van der Waals surface area contributed by atoms with Crippen LogP contribution in [0.15, 0.2) is 30.3 Å². The predicted octanol–water partition coefficient (Wildman–Crippen LogP) is 3.20. The van der Waals surface area contributed by atoms with Crippen LogP contribution in [0.5, 0.6) is 5.75 Å². The quantitative estimate of drug-likeness (QED) is 0.657. The van der Waals surface area contributed by atoms with Crippen molar-refractivity contribution in [1.82, 2.24) is 0 Å². The number of amides is 1. The molecule has 2 rings (SSSR count). The minimum absolute atomic E-state index is 0.464. The molecule has 0 aliphatic carbocycles. The molecule has 0 atom stereocenters. The molecule has 0 spiro atoms. The van der Waals surface area contributed by atoms with Gasteiger partial charge in [0, 0.05) is 0 Å². The van der Waals surface area contributed by atoms with Crippen molar-refractivity contribution in [3.63, 3.8) is 0 Å².